The quantitative estimate of drug-likeness (QED) is 0.473. The number of rotatable bonds is 4. The molecular formula is C21H20N2O2S. The number of nitro groups is 1. The summed E-state index contributed by atoms with van der Waals surface area (Å²) in [7, 11) is 0. The Balaban J connectivity index is 1.63. The molecule has 4 rings (SSSR count). The number of thiophene rings is 1. The third-order valence-corrected chi connectivity index (χ3v) is 6.23. The Bertz CT molecular complexity index is 905. The Kier molecular flexibility index (Phi) is 4.57. The van der Waals surface area contributed by atoms with Gasteiger partial charge in [-0.2, -0.15) is 0 Å². The molecule has 2 atom stereocenters. The predicted octanol–water partition coefficient (Wildman–Crippen LogP) is 5.19. The molecule has 0 aliphatic carbocycles. The highest BCUT2D eigenvalue weighted by molar-refractivity contribution is 7.10. The molecule has 0 saturated heterocycles. The molecule has 0 amide bonds. The molecule has 0 radical (unpaired) electrons. The van der Waals surface area contributed by atoms with Crippen molar-refractivity contribution in [2.45, 2.75) is 32.0 Å². The number of benzene rings is 2. The number of nitro benzene ring substituents is 1. The van der Waals surface area contributed by atoms with Crippen molar-refractivity contribution in [1.29, 1.82) is 0 Å². The first-order valence-corrected chi connectivity index (χ1v) is 9.60. The second-order valence-electron chi connectivity index (χ2n) is 6.77. The number of non-ortho nitro benzene ring substituents is 1. The van der Waals surface area contributed by atoms with Gasteiger partial charge in [-0.3, -0.25) is 15.0 Å². The average Bonchev–Trinajstić information content (AvgIpc) is 3.11. The third-order valence-electron chi connectivity index (χ3n) is 5.19. The Labute approximate surface area is 156 Å². The van der Waals surface area contributed by atoms with Gasteiger partial charge in [0.05, 0.1) is 4.92 Å². The molecule has 2 aromatic carbocycles. The lowest BCUT2D eigenvalue weighted by molar-refractivity contribution is -0.384. The van der Waals surface area contributed by atoms with Crippen molar-refractivity contribution in [2.24, 2.45) is 0 Å². The van der Waals surface area contributed by atoms with Crippen LogP contribution in [-0.4, -0.2) is 15.9 Å². The van der Waals surface area contributed by atoms with E-state index in [-0.39, 0.29) is 10.6 Å². The fourth-order valence-electron chi connectivity index (χ4n) is 3.79. The van der Waals surface area contributed by atoms with Gasteiger partial charge >= 0.3 is 0 Å². The molecule has 1 aliphatic rings. The van der Waals surface area contributed by atoms with Crippen LogP contribution in [0, 0.1) is 10.1 Å². The minimum atomic E-state index is -0.351. The minimum Gasteiger partial charge on any atom is -0.291 e. The van der Waals surface area contributed by atoms with E-state index in [0.29, 0.717) is 12.0 Å². The Morgan fingerprint density at radius 2 is 1.85 bits per heavy atom. The summed E-state index contributed by atoms with van der Waals surface area (Å²) in [5, 5.41) is 13.0. The van der Waals surface area contributed by atoms with Crippen LogP contribution in [0.15, 0.2) is 66.0 Å². The van der Waals surface area contributed by atoms with Crippen LogP contribution in [0.4, 0.5) is 5.69 Å². The molecule has 0 N–H and O–H groups in total. The van der Waals surface area contributed by atoms with Crippen LogP contribution in [0.3, 0.4) is 0 Å². The highest BCUT2D eigenvalue weighted by Gasteiger charge is 2.34. The van der Waals surface area contributed by atoms with Gasteiger partial charge in [0.2, 0.25) is 0 Å². The van der Waals surface area contributed by atoms with Crippen molar-refractivity contribution in [3.05, 3.63) is 97.7 Å². The van der Waals surface area contributed by atoms with Crippen LogP contribution < -0.4 is 0 Å². The number of fused-ring (bicyclic) bond motifs is 1. The van der Waals surface area contributed by atoms with Gasteiger partial charge in [0.15, 0.2) is 0 Å². The van der Waals surface area contributed by atoms with E-state index in [4.69, 9.17) is 0 Å². The zero-order valence-electron chi connectivity index (χ0n) is 14.5. The molecule has 0 spiro atoms. The first-order chi connectivity index (χ1) is 12.6. The van der Waals surface area contributed by atoms with Gasteiger partial charge in [0, 0.05) is 42.1 Å². The van der Waals surface area contributed by atoms with E-state index in [0.717, 1.165) is 18.7 Å². The summed E-state index contributed by atoms with van der Waals surface area (Å²) in [6, 6.07) is 20.2. The number of hydrogen-bond acceptors (Lipinski definition) is 4. The Morgan fingerprint density at radius 1 is 1.12 bits per heavy atom. The van der Waals surface area contributed by atoms with Crippen molar-refractivity contribution < 1.29 is 4.92 Å². The highest BCUT2D eigenvalue weighted by atomic mass is 32.1. The van der Waals surface area contributed by atoms with Gasteiger partial charge in [-0.1, -0.05) is 42.5 Å². The van der Waals surface area contributed by atoms with E-state index in [1.54, 1.807) is 12.1 Å². The molecule has 132 valence electrons. The molecule has 0 saturated carbocycles. The normalized spacial score (nSPS) is 19.9. The Hall–Kier alpha value is -2.50. The topological polar surface area (TPSA) is 46.4 Å². The van der Waals surface area contributed by atoms with Crippen LogP contribution in [0.25, 0.3) is 0 Å². The molecule has 2 heterocycles. The van der Waals surface area contributed by atoms with E-state index >= 15 is 0 Å². The summed E-state index contributed by atoms with van der Waals surface area (Å²) in [5.41, 5.74) is 3.98. The third kappa shape index (κ3) is 3.16. The lowest BCUT2D eigenvalue weighted by atomic mass is 9.85. The maximum Gasteiger partial charge on any atom is 0.269 e. The summed E-state index contributed by atoms with van der Waals surface area (Å²) in [6.07, 6.45) is 0. The van der Waals surface area contributed by atoms with Gasteiger partial charge in [-0.05, 0) is 35.1 Å². The van der Waals surface area contributed by atoms with E-state index in [9.17, 15) is 10.1 Å². The van der Waals surface area contributed by atoms with Gasteiger partial charge in [0.1, 0.15) is 0 Å². The van der Waals surface area contributed by atoms with Crippen molar-refractivity contribution >= 4 is 17.0 Å². The van der Waals surface area contributed by atoms with Crippen molar-refractivity contribution in [1.82, 2.24) is 4.90 Å². The Morgan fingerprint density at radius 3 is 2.54 bits per heavy atom. The van der Waals surface area contributed by atoms with Crippen LogP contribution >= 0.6 is 11.3 Å². The average molecular weight is 364 g/mol. The van der Waals surface area contributed by atoms with Crippen LogP contribution in [0.5, 0.6) is 0 Å². The minimum absolute atomic E-state index is 0.141. The molecule has 0 unspecified atom stereocenters. The standard InChI is InChI=1S/C21H20N2O2S/c1-15-20(17-5-3-2-4-6-17)21-18(11-12-26-21)14-22(15)13-16-7-9-19(10-8-16)23(24)25/h2-12,15,20H,13-14H2,1H3/t15-,20+/m1/s1. The second kappa shape index (κ2) is 7.02. The second-order valence-corrected chi connectivity index (χ2v) is 7.72. The lowest BCUT2D eigenvalue weighted by Crippen LogP contribution is -2.40. The summed E-state index contributed by atoms with van der Waals surface area (Å²) in [6.45, 7) is 3.99. The van der Waals surface area contributed by atoms with Gasteiger partial charge < -0.3 is 0 Å². The maximum absolute atomic E-state index is 10.9. The highest BCUT2D eigenvalue weighted by Crippen LogP contribution is 2.41. The zero-order valence-corrected chi connectivity index (χ0v) is 15.4. The van der Waals surface area contributed by atoms with E-state index in [1.807, 2.05) is 23.5 Å². The molecule has 1 aliphatic heterocycles. The molecular weight excluding hydrogens is 344 g/mol. The van der Waals surface area contributed by atoms with Gasteiger partial charge in [0.25, 0.3) is 5.69 Å². The summed E-state index contributed by atoms with van der Waals surface area (Å²) < 4.78 is 0. The molecule has 3 aromatic rings. The van der Waals surface area contributed by atoms with Crippen molar-refractivity contribution in [2.75, 3.05) is 0 Å². The predicted molar refractivity (Wildman–Crippen MR) is 104 cm³/mol. The molecule has 0 fully saturated rings. The monoisotopic (exact) mass is 364 g/mol. The van der Waals surface area contributed by atoms with Crippen molar-refractivity contribution in [3.8, 4) is 0 Å². The van der Waals surface area contributed by atoms with Crippen LogP contribution in [0.2, 0.25) is 0 Å². The fraction of sp³-hybridized carbons (Fsp3) is 0.238. The SMILES string of the molecule is C[C@@H]1[C@@H](c2ccccc2)c2sccc2CN1Cc1ccc([N+](=O)[O-])cc1. The molecule has 0 bridgehead atoms. The van der Waals surface area contributed by atoms with E-state index in [1.165, 1.54) is 16.0 Å². The number of nitrogens with zero attached hydrogens (tertiary/aromatic N) is 2. The first-order valence-electron chi connectivity index (χ1n) is 8.72. The van der Waals surface area contributed by atoms with Gasteiger partial charge in [-0.25, -0.2) is 0 Å². The largest absolute Gasteiger partial charge is 0.291 e. The number of hydrogen-bond donors (Lipinski definition) is 0. The van der Waals surface area contributed by atoms with E-state index < -0.39 is 0 Å². The lowest BCUT2D eigenvalue weighted by Gasteiger charge is -2.39. The maximum atomic E-state index is 10.9. The summed E-state index contributed by atoms with van der Waals surface area (Å²) >= 11 is 1.84. The molecule has 4 nitrogen and oxygen atoms in total. The summed E-state index contributed by atoms with van der Waals surface area (Å²) in [4.78, 5) is 14.4. The van der Waals surface area contributed by atoms with Crippen LogP contribution in [-0.2, 0) is 13.1 Å². The fourth-order valence-corrected chi connectivity index (χ4v) is 4.93. The van der Waals surface area contributed by atoms with E-state index in [2.05, 4.69) is 53.6 Å². The first kappa shape index (κ1) is 16.9. The van der Waals surface area contributed by atoms with Crippen LogP contribution in [0.1, 0.15) is 34.4 Å². The molecule has 26 heavy (non-hydrogen) atoms. The summed E-state index contributed by atoms with van der Waals surface area (Å²) in [5.74, 6) is 0.359. The zero-order chi connectivity index (χ0) is 18.1. The van der Waals surface area contributed by atoms with Gasteiger partial charge in [-0.15, -0.1) is 11.3 Å². The molecule has 1 aromatic heterocycles. The smallest absolute Gasteiger partial charge is 0.269 e. The molecule has 5 heteroatoms. The van der Waals surface area contributed by atoms with Crippen molar-refractivity contribution in [3.63, 3.8) is 0 Å².